The lowest BCUT2D eigenvalue weighted by Crippen LogP contribution is -2.37. The minimum absolute atomic E-state index is 0.0456. The number of rotatable bonds is 5. The van der Waals surface area contributed by atoms with Crippen LogP contribution in [0.3, 0.4) is 0 Å². The Bertz CT molecular complexity index is 1570. The van der Waals surface area contributed by atoms with Gasteiger partial charge in [-0.2, -0.15) is 23.5 Å². The number of fused-ring (bicyclic) bond motifs is 1. The quantitative estimate of drug-likeness (QED) is 0.425. The first-order chi connectivity index (χ1) is 17.5. The fourth-order valence-corrected chi connectivity index (χ4v) is 4.66. The van der Waals surface area contributed by atoms with Crippen molar-refractivity contribution in [1.82, 2.24) is 20.6 Å². The Morgan fingerprint density at radius 1 is 1.30 bits per heavy atom. The van der Waals surface area contributed by atoms with Gasteiger partial charge in [0.15, 0.2) is 5.82 Å². The van der Waals surface area contributed by atoms with Gasteiger partial charge in [-0.3, -0.25) is 4.79 Å². The summed E-state index contributed by atoms with van der Waals surface area (Å²) in [5.41, 5.74) is 6.91. The second-order valence-corrected chi connectivity index (χ2v) is 9.22. The van der Waals surface area contributed by atoms with Crippen molar-refractivity contribution in [3.8, 4) is 11.8 Å². The van der Waals surface area contributed by atoms with E-state index in [1.807, 2.05) is 6.07 Å². The van der Waals surface area contributed by atoms with E-state index in [9.17, 15) is 23.2 Å². The van der Waals surface area contributed by atoms with Gasteiger partial charge in [0.1, 0.15) is 17.4 Å². The van der Waals surface area contributed by atoms with E-state index in [0.29, 0.717) is 27.6 Å². The van der Waals surface area contributed by atoms with Gasteiger partial charge >= 0.3 is 6.18 Å². The van der Waals surface area contributed by atoms with Crippen LogP contribution in [0.4, 0.5) is 17.6 Å². The molecule has 0 unspecified atom stereocenters. The lowest BCUT2D eigenvalue weighted by atomic mass is 9.95. The zero-order chi connectivity index (χ0) is 26.7. The Morgan fingerprint density at radius 2 is 2.03 bits per heavy atom. The van der Waals surface area contributed by atoms with Crippen LogP contribution in [-0.4, -0.2) is 40.6 Å². The molecule has 2 heterocycles. The van der Waals surface area contributed by atoms with Crippen LogP contribution < -0.4 is 21.5 Å². The minimum atomic E-state index is -4.67. The number of ether oxygens (including phenoxy) is 1. The summed E-state index contributed by atoms with van der Waals surface area (Å²) in [5, 5.41) is 18.1. The Hall–Kier alpha value is -3.66. The topological polar surface area (TPSA) is 120 Å². The molecule has 192 valence electrons. The molecule has 8 nitrogen and oxygen atoms in total. The summed E-state index contributed by atoms with van der Waals surface area (Å²) in [6.45, 7) is 0.232. The number of nitrogens with two attached hydrogens (primary N) is 1. The molecule has 0 spiro atoms. The lowest BCUT2D eigenvalue weighted by molar-refractivity contribution is -0.208. The van der Waals surface area contributed by atoms with Crippen molar-refractivity contribution in [2.24, 2.45) is 5.73 Å². The van der Waals surface area contributed by atoms with E-state index in [1.165, 1.54) is 5.01 Å². The number of nitrogens with zero attached hydrogens (tertiary/aromatic N) is 3. The molecular formula is C24H19ClF4N6O2. The predicted molar refractivity (Wildman–Crippen MR) is 128 cm³/mol. The molecule has 4 N–H and O–H groups in total. The number of benzene rings is 2. The van der Waals surface area contributed by atoms with Crippen LogP contribution in [0.2, 0.25) is 5.02 Å². The summed E-state index contributed by atoms with van der Waals surface area (Å²) < 4.78 is 61.6. The van der Waals surface area contributed by atoms with Crippen LogP contribution in [0, 0.1) is 17.1 Å². The van der Waals surface area contributed by atoms with Crippen molar-refractivity contribution in [2.75, 3.05) is 13.6 Å². The molecule has 0 radical (unpaired) electrons. The first-order valence-electron chi connectivity index (χ1n) is 11.1. The maximum absolute atomic E-state index is 15.5. The zero-order valence-electron chi connectivity index (χ0n) is 19.3. The van der Waals surface area contributed by atoms with Crippen molar-refractivity contribution in [1.29, 1.82) is 5.26 Å². The monoisotopic (exact) mass is 534 g/mol. The van der Waals surface area contributed by atoms with E-state index in [-0.39, 0.29) is 37.2 Å². The van der Waals surface area contributed by atoms with Crippen molar-refractivity contribution in [3.63, 3.8) is 0 Å². The van der Waals surface area contributed by atoms with E-state index >= 15 is 4.39 Å². The van der Waals surface area contributed by atoms with Crippen molar-refractivity contribution in [3.05, 3.63) is 67.8 Å². The highest BCUT2D eigenvalue weighted by molar-refractivity contribution is 6.31. The molecule has 0 atom stereocenters. The molecule has 3 aromatic rings. The molecule has 1 aromatic heterocycles. The summed E-state index contributed by atoms with van der Waals surface area (Å²) in [7, 11) is 1.57. The van der Waals surface area contributed by atoms with Gasteiger partial charge in [-0.25, -0.2) is 14.9 Å². The van der Waals surface area contributed by atoms with E-state index in [2.05, 4.69) is 15.6 Å². The molecule has 2 aliphatic rings. The molecule has 1 aliphatic heterocycles. The normalized spacial score (nSPS) is 16.9. The molecule has 13 heteroatoms. The molecular weight excluding hydrogens is 516 g/mol. The SMILES string of the molecule is CN1NCC(c2ccc3c(=O)[nH]nc(CN)c3c2)=C1c1c(F)c(Cl)cc(OC2(C(F)(F)F)CC2)c1C#N. The number of nitriles is 1. The fourth-order valence-electron chi connectivity index (χ4n) is 4.47. The number of H-pyrrole nitrogens is 1. The van der Waals surface area contributed by atoms with Gasteiger partial charge in [0.2, 0.25) is 5.60 Å². The van der Waals surface area contributed by atoms with Crippen LogP contribution in [0.25, 0.3) is 22.0 Å². The predicted octanol–water partition coefficient (Wildman–Crippen LogP) is 3.84. The van der Waals surface area contributed by atoms with E-state index in [1.54, 1.807) is 25.2 Å². The van der Waals surface area contributed by atoms with E-state index in [0.717, 1.165) is 6.07 Å². The van der Waals surface area contributed by atoms with Crippen molar-refractivity contribution >= 4 is 33.6 Å². The molecule has 37 heavy (non-hydrogen) atoms. The number of halogens is 5. The Kier molecular flexibility index (Phi) is 5.90. The standard InChI is InChI=1S/C24H19ClF4N6O2/c1-35-21(15(10-32-35)11-2-3-12-13(6-11)17(9-31)33-34-22(12)36)19-14(8-30)18(7-16(25)20(19)26)37-23(4-5-23)24(27,28)29/h2-3,6-7,32H,4-5,9-10,31H2,1H3,(H,34,36). The highest BCUT2D eigenvalue weighted by Gasteiger charge is 2.66. The molecule has 1 saturated carbocycles. The van der Waals surface area contributed by atoms with Crippen LogP contribution in [-0.2, 0) is 6.54 Å². The van der Waals surface area contributed by atoms with Crippen molar-refractivity contribution < 1.29 is 22.3 Å². The highest BCUT2D eigenvalue weighted by atomic mass is 35.5. The van der Waals surface area contributed by atoms with Gasteiger partial charge < -0.3 is 15.5 Å². The molecule has 1 aliphatic carbocycles. The Balaban J connectivity index is 1.73. The average molecular weight is 535 g/mol. The number of aromatic nitrogens is 2. The van der Waals surface area contributed by atoms with E-state index in [4.69, 9.17) is 22.1 Å². The number of aromatic amines is 1. The van der Waals surface area contributed by atoms with Gasteiger partial charge in [0.05, 0.1) is 27.4 Å². The molecule has 1 fully saturated rings. The number of nitrogens with one attached hydrogen (secondary N) is 2. The summed E-state index contributed by atoms with van der Waals surface area (Å²) in [5.74, 6) is -1.43. The van der Waals surface area contributed by atoms with Crippen molar-refractivity contribution in [2.45, 2.75) is 31.2 Å². The third kappa shape index (κ3) is 3.99. The third-order valence-corrected chi connectivity index (χ3v) is 6.86. The summed E-state index contributed by atoms with van der Waals surface area (Å²) in [6, 6.07) is 7.59. The Morgan fingerprint density at radius 3 is 2.65 bits per heavy atom. The zero-order valence-corrected chi connectivity index (χ0v) is 20.0. The maximum Gasteiger partial charge on any atom is 0.428 e. The lowest BCUT2D eigenvalue weighted by Gasteiger charge is -2.24. The molecule has 0 saturated heterocycles. The Labute approximate surface area is 212 Å². The van der Waals surface area contributed by atoms with Gasteiger partial charge in [-0.15, -0.1) is 0 Å². The molecule has 5 rings (SSSR count). The van der Waals surface area contributed by atoms with Gasteiger partial charge in [0.25, 0.3) is 5.56 Å². The number of alkyl halides is 3. The summed E-state index contributed by atoms with van der Waals surface area (Å²) >= 11 is 6.10. The molecule has 0 bridgehead atoms. The third-order valence-electron chi connectivity index (χ3n) is 6.58. The minimum Gasteiger partial charge on any atom is -0.476 e. The first-order valence-corrected chi connectivity index (χ1v) is 11.5. The number of hydrogen-bond acceptors (Lipinski definition) is 7. The highest BCUT2D eigenvalue weighted by Crippen LogP contribution is 2.53. The smallest absolute Gasteiger partial charge is 0.428 e. The van der Waals surface area contributed by atoms with E-state index < -0.39 is 39.5 Å². The van der Waals surface area contributed by atoms with Gasteiger partial charge in [-0.05, 0) is 17.7 Å². The molecule has 0 amide bonds. The fraction of sp³-hybridized carbons (Fsp3) is 0.292. The number of hydrazine groups is 1. The van der Waals surface area contributed by atoms with Gasteiger partial charge in [0, 0.05) is 50.0 Å². The largest absolute Gasteiger partial charge is 0.476 e. The maximum atomic E-state index is 15.5. The van der Waals surface area contributed by atoms with Crippen LogP contribution in [0.1, 0.15) is 35.2 Å². The second kappa shape index (κ2) is 8.72. The second-order valence-electron chi connectivity index (χ2n) is 8.81. The van der Waals surface area contributed by atoms with Crippen LogP contribution in [0.15, 0.2) is 29.1 Å². The van der Waals surface area contributed by atoms with Gasteiger partial charge in [-0.1, -0.05) is 17.7 Å². The number of hydrogen-bond donors (Lipinski definition) is 3. The average Bonchev–Trinajstić information content (AvgIpc) is 3.56. The van der Waals surface area contributed by atoms with Crippen LogP contribution in [0.5, 0.6) is 5.75 Å². The summed E-state index contributed by atoms with van der Waals surface area (Å²) in [4.78, 5) is 12.2. The summed E-state index contributed by atoms with van der Waals surface area (Å²) in [6.07, 6.45) is -5.24. The first kappa shape index (κ1) is 25.0. The molecule has 2 aromatic carbocycles. The van der Waals surface area contributed by atoms with Crippen LogP contribution >= 0.6 is 11.6 Å².